The summed E-state index contributed by atoms with van der Waals surface area (Å²) in [5, 5.41) is 7.31. The summed E-state index contributed by atoms with van der Waals surface area (Å²) < 4.78 is 5.58. The fraction of sp³-hybridized carbons (Fsp3) is 0.640. The van der Waals surface area contributed by atoms with Gasteiger partial charge in [0, 0.05) is 51.2 Å². The van der Waals surface area contributed by atoms with Crippen LogP contribution in [0.25, 0.3) is 0 Å². The van der Waals surface area contributed by atoms with E-state index in [9.17, 15) is 4.79 Å². The third-order valence-electron chi connectivity index (χ3n) is 7.16. The summed E-state index contributed by atoms with van der Waals surface area (Å²) in [4.78, 5) is 24.5. The lowest BCUT2D eigenvalue weighted by molar-refractivity contribution is 0.155. The predicted molar refractivity (Wildman–Crippen MR) is 131 cm³/mol. The van der Waals surface area contributed by atoms with Gasteiger partial charge in [0.1, 0.15) is 0 Å². The number of piperidine rings is 1. The molecular formula is C25H38N6O2. The van der Waals surface area contributed by atoms with Crippen LogP contribution in [0.15, 0.2) is 28.8 Å². The van der Waals surface area contributed by atoms with E-state index >= 15 is 0 Å². The molecule has 0 atom stereocenters. The van der Waals surface area contributed by atoms with E-state index in [-0.39, 0.29) is 17.4 Å². The number of amides is 2. The summed E-state index contributed by atoms with van der Waals surface area (Å²) >= 11 is 0. The molecule has 0 spiro atoms. The zero-order chi connectivity index (χ0) is 23.6. The lowest BCUT2D eigenvalue weighted by Crippen LogP contribution is -2.49. The molecular weight excluding hydrogens is 416 g/mol. The fourth-order valence-corrected chi connectivity index (χ4v) is 4.66. The lowest BCUT2D eigenvalue weighted by atomic mass is 9.80. The highest BCUT2D eigenvalue weighted by Crippen LogP contribution is 2.35. The molecule has 2 aromatic rings. The van der Waals surface area contributed by atoms with Gasteiger partial charge in [-0.1, -0.05) is 38.1 Å². The number of carbonyl (C=O) groups is 1. The van der Waals surface area contributed by atoms with Crippen molar-refractivity contribution in [1.82, 2.24) is 19.9 Å². The maximum atomic E-state index is 13.1. The van der Waals surface area contributed by atoms with Crippen molar-refractivity contribution in [3.05, 3.63) is 36.0 Å². The number of carbonyl (C=O) groups excluding carboxylic acids is 1. The van der Waals surface area contributed by atoms with Crippen LogP contribution in [0.4, 0.5) is 16.2 Å². The van der Waals surface area contributed by atoms with Gasteiger partial charge in [-0.2, -0.15) is 4.98 Å². The number of hydrogen-bond donors (Lipinski definition) is 1. The number of anilines is 2. The van der Waals surface area contributed by atoms with Gasteiger partial charge in [-0.05, 0) is 38.8 Å². The normalized spacial score (nSPS) is 19.4. The van der Waals surface area contributed by atoms with Crippen LogP contribution in [0.5, 0.6) is 0 Å². The van der Waals surface area contributed by atoms with Crippen LogP contribution in [0.1, 0.15) is 65.1 Å². The van der Waals surface area contributed by atoms with Crippen LogP contribution >= 0.6 is 0 Å². The van der Waals surface area contributed by atoms with E-state index in [0.717, 1.165) is 56.2 Å². The molecule has 0 unspecified atom stereocenters. The first-order valence-corrected chi connectivity index (χ1v) is 12.2. The molecule has 1 aromatic heterocycles. The van der Waals surface area contributed by atoms with Crippen LogP contribution < -0.4 is 10.2 Å². The Bertz CT molecular complexity index is 940. The number of urea groups is 1. The second-order valence-electron chi connectivity index (χ2n) is 10.2. The van der Waals surface area contributed by atoms with Crippen molar-refractivity contribution in [2.45, 2.75) is 64.8 Å². The number of nitrogens with one attached hydrogen (secondary N) is 1. The molecule has 2 aliphatic rings. The highest BCUT2D eigenvalue weighted by Gasteiger charge is 2.38. The molecule has 1 aromatic carbocycles. The monoisotopic (exact) mass is 454 g/mol. The van der Waals surface area contributed by atoms with Gasteiger partial charge < -0.3 is 19.6 Å². The summed E-state index contributed by atoms with van der Waals surface area (Å²) in [6.45, 7) is 16.1. The van der Waals surface area contributed by atoms with Gasteiger partial charge in [-0.3, -0.25) is 4.90 Å². The van der Waals surface area contributed by atoms with E-state index in [1.165, 1.54) is 0 Å². The molecule has 2 fully saturated rings. The Morgan fingerprint density at radius 1 is 1.03 bits per heavy atom. The van der Waals surface area contributed by atoms with Crippen molar-refractivity contribution >= 4 is 17.4 Å². The molecule has 2 aliphatic heterocycles. The summed E-state index contributed by atoms with van der Waals surface area (Å²) in [5.74, 6) is 1.68. The molecule has 3 heterocycles. The van der Waals surface area contributed by atoms with Gasteiger partial charge in [0.25, 0.3) is 0 Å². The van der Waals surface area contributed by atoms with E-state index < -0.39 is 0 Å². The number of piperazine rings is 1. The van der Waals surface area contributed by atoms with Crippen molar-refractivity contribution in [2.75, 3.05) is 49.5 Å². The number of nitrogens with zero attached hydrogens (tertiary/aromatic N) is 5. The minimum absolute atomic E-state index is 0.0429. The molecule has 2 saturated heterocycles. The second-order valence-corrected chi connectivity index (χ2v) is 10.2. The third kappa shape index (κ3) is 5.16. The first kappa shape index (κ1) is 23.5. The van der Waals surface area contributed by atoms with Gasteiger partial charge in [0.15, 0.2) is 5.82 Å². The number of hydrogen-bond acceptors (Lipinski definition) is 6. The molecule has 2 amide bonds. The Kier molecular flexibility index (Phi) is 6.93. The summed E-state index contributed by atoms with van der Waals surface area (Å²) in [6, 6.07) is 8.66. The average molecular weight is 455 g/mol. The summed E-state index contributed by atoms with van der Waals surface area (Å²) in [5.41, 5.74) is 1.79. The van der Waals surface area contributed by atoms with Crippen LogP contribution in [-0.4, -0.2) is 71.3 Å². The summed E-state index contributed by atoms with van der Waals surface area (Å²) in [7, 11) is 0. The lowest BCUT2D eigenvalue weighted by Gasteiger charge is -2.39. The van der Waals surface area contributed by atoms with Gasteiger partial charge in [-0.25, -0.2) is 4.79 Å². The smallest absolute Gasteiger partial charge is 0.321 e. The van der Waals surface area contributed by atoms with Crippen LogP contribution in [-0.2, 0) is 5.41 Å². The van der Waals surface area contributed by atoms with Gasteiger partial charge in [0.05, 0.1) is 16.8 Å². The highest BCUT2D eigenvalue weighted by molar-refractivity contribution is 5.93. The highest BCUT2D eigenvalue weighted by atomic mass is 16.5. The Labute approximate surface area is 197 Å². The number of para-hydroxylation sites is 2. The Hall–Kier alpha value is -2.61. The Balaban J connectivity index is 1.37. The quantitative estimate of drug-likeness (QED) is 0.725. The SMILES string of the molecule is CC(C)c1noc(C2(C)CCN(C(=O)Nc3ccccc3N3CCN(C(C)C)CC3)CC2)n1. The molecule has 0 radical (unpaired) electrons. The third-order valence-corrected chi connectivity index (χ3v) is 7.16. The van der Waals surface area contributed by atoms with E-state index in [4.69, 9.17) is 4.52 Å². The first-order chi connectivity index (χ1) is 15.8. The number of aromatic nitrogens is 2. The van der Waals surface area contributed by atoms with Crippen molar-refractivity contribution in [3.8, 4) is 0 Å². The van der Waals surface area contributed by atoms with E-state index in [1.54, 1.807) is 0 Å². The van der Waals surface area contributed by atoms with E-state index in [0.29, 0.717) is 25.0 Å². The Morgan fingerprint density at radius 3 is 2.30 bits per heavy atom. The molecule has 4 rings (SSSR count). The van der Waals surface area contributed by atoms with Crippen molar-refractivity contribution < 1.29 is 9.32 Å². The molecule has 0 aliphatic carbocycles. The van der Waals surface area contributed by atoms with Crippen LogP contribution in [0.2, 0.25) is 0 Å². The number of rotatable bonds is 5. The minimum atomic E-state index is -0.190. The van der Waals surface area contributed by atoms with Crippen molar-refractivity contribution in [2.24, 2.45) is 0 Å². The molecule has 8 heteroatoms. The van der Waals surface area contributed by atoms with Gasteiger partial charge in [0.2, 0.25) is 5.89 Å². The van der Waals surface area contributed by atoms with Crippen LogP contribution in [0.3, 0.4) is 0 Å². The number of benzene rings is 1. The maximum absolute atomic E-state index is 13.1. The zero-order valence-electron chi connectivity index (χ0n) is 20.7. The minimum Gasteiger partial charge on any atom is -0.367 e. The van der Waals surface area contributed by atoms with Gasteiger partial charge in [-0.15, -0.1) is 0 Å². The van der Waals surface area contributed by atoms with Crippen LogP contribution in [0, 0.1) is 0 Å². The molecule has 180 valence electrons. The Morgan fingerprint density at radius 2 is 1.70 bits per heavy atom. The maximum Gasteiger partial charge on any atom is 0.321 e. The fourth-order valence-electron chi connectivity index (χ4n) is 4.66. The van der Waals surface area contributed by atoms with E-state index in [1.807, 2.05) is 23.1 Å². The zero-order valence-corrected chi connectivity index (χ0v) is 20.7. The molecule has 8 nitrogen and oxygen atoms in total. The van der Waals surface area contributed by atoms with Crippen molar-refractivity contribution in [1.29, 1.82) is 0 Å². The van der Waals surface area contributed by atoms with Gasteiger partial charge >= 0.3 is 6.03 Å². The largest absolute Gasteiger partial charge is 0.367 e. The van der Waals surface area contributed by atoms with Crippen molar-refractivity contribution in [3.63, 3.8) is 0 Å². The molecule has 1 N–H and O–H groups in total. The molecule has 0 saturated carbocycles. The molecule has 0 bridgehead atoms. The second kappa shape index (κ2) is 9.71. The predicted octanol–water partition coefficient (Wildman–Crippen LogP) is 4.31. The number of likely N-dealkylation sites (tertiary alicyclic amines) is 1. The molecule has 33 heavy (non-hydrogen) atoms. The van der Waals surface area contributed by atoms with E-state index in [2.05, 4.69) is 65.9 Å². The summed E-state index contributed by atoms with van der Waals surface area (Å²) in [6.07, 6.45) is 1.61. The topological polar surface area (TPSA) is 77.7 Å². The first-order valence-electron chi connectivity index (χ1n) is 12.2. The average Bonchev–Trinajstić information content (AvgIpc) is 3.32. The standard InChI is InChI=1S/C25H38N6O2/c1-18(2)22-27-23(33-28-22)25(5)10-12-31(13-11-25)24(32)26-20-8-6-7-9-21(20)30-16-14-29(15-17-30)19(3)4/h6-9,18-19H,10-17H2,1-5H3,(H,26,32).